The second kappa shape index (κ2) is 9.68. The molecule has 1 fully saturated rings. The van der Waals surface area contributed by atoms with Crippen LogP contribution in [0.4, 0.5) is 0 Å². The van der Waals surface area contributed by atoms with Crippen molar-refractivity contribution in [2.24, 2.45) is 17.3 Å². The summed E-state index contributed by atoms with van der Waals surface area (Å²) in [5.74, 6) is 6.88. The van der Waals surface area contributed by atoms with Crippen molar-refractivity contribution in [2.75, 3.05) is 26.2 Å². The molecular weight excluding hydrogens is 394 g/mol. The number of aromatic carboxylic acids is 1. The lowest BCUT2D eigenvalue weighted by atomic mass is 9.75. The number of carboxylic acid groups (broad SMARTS) is 1. The van der Waals surface area contributed by atoms with Gasteiger partial charge in [-0.05, 0) is 69.1 Å². The van der Waals surface area contributed by atoms with E-state index in [1.807, 2.05) is 6.07 Å². The highest BCUT2D eigenvalue weighted by Gasteiger charge is 2.30. The Morgan fingerprint density at radius 2 is 1.97 bits per heavy atom. The van der Waals surface area contributed by atoms with Gasteiger partial charge in [0.2, 0.25) is 0 Å². The summed E-state index contributed by atoms with van der Waals surface area (Å²) in [5.41, 5.74) is 3.38. The maximum Gasteiger partial charge on any atom is 0.346 e. The average molecular weight is 430 g/mol. The molecule has 0 bridgehead atoms. The van der Waals surface area contributed by atoms with Crippen LogP contribution in [0.3, 0.4) is 0 Å². The van der Waals surface area contributed by atoms with E-state index in [1.54, 1.807) is 0 Å². The van der Waals surface area contributed by atoms with Crippen LogP contribution in [-0.2, 0) is 0 Å². The van der Waals surface area contributed by atoms with Crippen LogP contribution < -0.4 is 0 Å². The van der Waals surface area contributed by atoms with E-state index in [1.165, 1.54) is 48.2 Å². The van der Waals surface area contributed by atoms with Crippen LogP contribution in [0.1, 0.15) is 79.9 Å². The van der Waals surface area contributed by atoms with Gasteiger partial charge in [0.25, 0.3) is 0 Å². The van der Waals surface area contributed by atoms with Gasteiger partial charge in [0, 0.05) is 30.6 Å². The third-order valence-electron chi connectivity index (χ3n) is 6.20. The van der Waals surface area contributed by atoms with Crippen molar-refractivity contribution in [3.05, 3.63) is 27.0 Å². The van der Waals surface area contributed by atoms with Crippen molar-refractivity contribution < 1.29 is 15.0 Å². The molecule has 2 N–H and O–H groups in total. The van der Waals surface area contributed by atoms with E-state index in [-0.39, 0.29) is 12.0 Å². The Morgan fingerprint density at radius 3 is 2.57 bits per heavy atom. The largest absolute Gasteiger partial charge is 0.477 e. The van der Waals surface area contributed by atoms with Crippen molar-refractivity contribution in [3.63, 3.8) is 0 Å². The minimum atomic E-state index is -0.860. The van der Waals surface area contributed by atoms with Crippen LogP contribution in [0.25, 0.3) is 5.57 Å². The molecule has 1 saturated carbocycles. The van der Waals surface area contributed by atoms with E-state index in [9.17, 15) is 15.0 Å². The SMILES string of the molecule is CC1CCC(C2=C(c3cc(C#CC(C)(C)C)sc3C(=O)O)CCN(CCO)C2)CC1. The number of hydrogen-bond donors (Lipinski definition) is 2. The number of nitrogens with zero attached hydrogens (tertiary/aromatic N) is 1. The van der Waals surface area contributed by atoms with Crippen LogP contribution >= 0.6 is 11.3 Å². The molecule has 0 atom stereocenters. The number of rotatable bonds is 5. The molecule has 1 aliphatic heterocycles. The Balaban J connectivity index is 2.03. The van der Waals surface area contributed by atoms with Gasteiger partial charge in [-0.15, -0.1) is 11.3 Å². The van der Waals surface area contributed by atoms with E-state index >= 15 is 0 Å². The van der Waals surface area contributed by atoms with Crippen LogP contribution in [0.15, 0.2) is 11.6 Å². The minimum Gasteiger partial charge on any atom is -0.477 e. The van der Waals surface area contributed by atoms with Gasteiger partial charge in [-0.25, -0.2) is 4.79 Å². The van der Waals surface area contributed by atoms with Crippen molar-refractivity contribution in [3.8, 4) is 11.8 Å². The molecule has 30 heavy (non-hydrogen) atoms. The smallest absolute Gasteiger partial charge is 0.346 e. The Labute approximate surface area is 185 Å². The molecule has 0 radical (unpaired) electrons. The third kappa shape index (κ3) is 5.75. The fraction of sp³-hybridized carbons (Fsp3) is 0.640. The van der Waals surface area contributed by atoms with Crippen LogP contribution in [-0.4, -0.2) is 47.3 Å². The van der Waals surface area contributed by atoms with Gasteiger partial charge in [-0.3, -0.25) is 4.90 Å². The lowest BCUT2D eigenvalue weighted by Gasteiger charge is -2.37. The second-order valence-electron chi connectivity index (χ2n) is 9.87. The highest BCUT2D eigenvalue weighted by atomic mass is 32.1. The minimum absolute atomic E-state index is 0.119. The van der Waals surface area contributed by atoms with Crippen molar-refractivity contribution in [1.82, 2.24) is 4.90 Å². The summed E-state index contributed by atoms with van der Waals surface area (Å²) in [7, 11) is 0. The Kier molecular flexibility index (Phi) is 7.44. The van der Waals surface area contributed by atoms with E-state index < -0.39 is 5.97 Å². The molecule has 3 rings (SSSR count). The molecule has 0 aromatic carbocycles. The van der Waals surface area contributed by atoms with Gasteiger partial charge in [0.05, 0.1) is 11.5 Å². The predicted octanol–water partition coefficient (Wildman–Crippen LogP) is 5.12. The molecule has 0 saturated heterocycles. The van der Waals surface area contributed by atoms with Gasteiger partial charge < -0.3 is 10.2 Å². The number of hydrogen-bond acceptors (Lipinski definition) is 4. The first-order valence-corrected chi connectivity index (χ1v) is 12.0. The van der Waals surface area contributed by atoms with Gasteiger partial charge in [0.15, 0.2) is 0 Å². The summed E-state index contributed by atoms with van der Waals surface area (Å²) in [5, 5.41) is 19.3. The number of carboxylic acids is 1. The van der Waals surface area contributed by atoms with Crippen molar-refractivity contribution in [1.29, 1.82) is 0 Å². The molecule has 1 aliphatic carbocycles. The lowest BCUT2D eigenvalue weighted by Crippen LogP contribution is -2.36. The van der Waals surface area contributed by atoms with Gasteiger partial charge >= 0.3 is 5.97 Å². The number of aliphatic hydroxyl groups excluding tert-OH is 1. The second-order valence-corrected chi connectivity index (χ2v) is 10.9. The summed E-state index contributed by atoms with van der Waals surface area (Å²) in [6.45, 7) is 11.1. The molecule has 1 aromatic heterocycles. The number of thiophene rings is 1. The summed E-state index contributed by atoms with van der Waals surface area (Å²) in [6.07, 6.45) is 5.66. The lowest BCUT2D eigenvalue weighted by molar-refractivity contribution is 0.0702. The van der Waals surface area contributed by atoms with Gasteiger partial charge in [0.1, 0.15) is 4.88 Å². The fourth-order valence-electron chi connectivity index (χ4n) is 4.55. The average Bonchev–Trinajstić information content (AvgIpc) is 3.11. The van der Waals surface area contributed by atoms with Crippen molar-refractivity contribution >= 4 is 22.9 Å². The quantitative estimate of drug-likeness (QED) is 0.638. The van der Waals surface area contributed by atoms with Gasteiger partial charge in [-0.1, -0.05) is 31.6 Å². The normalized spacial score (nSPS) is 23.2. The highest BCUT2D eigenvalue weighted by Crippen LogP contribution is 2.42. The molecule has 0 unspecified atom stereocenters. The molecule has 0 amide bonds. The summed E-state index contributed by atoms with van der Waals surface area (Å²) >= 11 is 1.30. The van der Waals surface area contributed by atoms with Crippen LogP contribution in [0.5, 0.6) is 0 Å². The molecule has 4 nitrogen and oxygen atoms in total. The predicted molar refractivity (Wildman–Crippen MR) is 124 cm³/mol. The van der Waals surface area contributed by atoms with Crippen LogP contribution in [0.2, 0.25) is 0 Å². The number of carbonyl (C=O) groups is 1. The van der Waals surface area contributed by atoms with E-state index in [2.05, 4.69) is 44.4 Å². The monoisotopic (exact) mass is 429 g/mol. The number of aliphatic hydroxyl groups is 1. The molecule has 1 aromatic rings. The summed E-state index contributed by atoms with van der Waals surface area (Å²) in [4.78, 5) is 15.6. The zero-order chi connectivity index (χ0) is 21.9. The molecule has 2 aliphatic rings. The van der Waals surface area contributed by atoms with Gasteiger partial charge in [-0.2, -0.15) is 0 Å². The van der Waals surface area contributed by atoms with E-state index in [0.29, 0.717) is 17.3 Å². The Bertz CT molecular complexity index is 857. The standard InChI is InChI=1S/C25H35NO3S/c1-17-5-7-18(8-6-17)22-16-26(13-14-27)12-10-20(22)21-15-19(9-11-25(2,3)4)30-23(21)24(28)29/h15,17-18,27H,5-8,10,12-14,16H2,1-4H3,(H,28,29). The zero-order valence-corrected chi connectivity index (χ0v) is 19.6. The maximum absolute atomic E-state index is 12.1. The maximum atomic E-state index is 12.1. The van der Waals surface area contributed by atoms with Crippen LogP contribution in [0, 0.1) is 29.1 Å². The Hall–Kier alpha value is -1.61. The van der Waals surface area contributed by atoms with E-state index in [4.69, 9.17) is 0 Å². The molecule has 0 spiro atoms. The Morgan fingerprint density at radius 1 is 1.27 bits per heavy atom. The summed E-state index contributed by atoms with van der Waals surface area (Å²) < 4.78 is 0. The topological polar surface area (TPSA) is 60.8 Å². The van der Waals surface area contributed by atoms with Crippen molar-refractivity contribution in [2.45, 2.75) is 59.8 Å². The molecule has 164 valence electrons. The third-order valence-corrected chi connectivity index (χ3v) is 7.24. The highest BCUT2D eigenvalue weighted by molar-refractivity contribution is 7.14. The molecule has 5 heteroatoms. The molecule has 2 heterocycles. The zero-order valence-electron chi connectivity index (χ0n) is 18.8. The summed E-state index contributed by atoms with van der Waals surface area (Å²) in [6, 6.07) is 2.01. The first-order chi connectivity index (χ1) is 14.2. The molecular formula is C25H35NO3S. The fourth-order valence-corrected chi connectivity index (χ4v) is 5.43. The number of β-amino-alcohol motifs (C(OH)–C–C–N with tert-alkyl or cyclic N) is 1. The first-order valence-electron chi connectivity index (χ1n) is 11.1. The van der Waals surface area contributed by atoms with E-state index in [0.717, 1.165) is 35.9 Å². The first kappa shape index (κ1) is 23.1.